The number of hydrogen-bond acceptors (Lipinski definition) is 8. The van der Waals surface area contributed by atoms with E-state index in [9.17, 15) is 32.4 Å². The molecule has 2 saturated carbocycles. The zero-order valence-electron chi connectivity index (χ0n) is 25.4. The number of rotatable bonds is 11. The highest BCUT2D eigenvalue weighted by Gasteiger charge is 2.48. The van der Waals surface area contributed by atoms with Crippen LogP contribution in [-0.2, 0) is 29.0 Å². The van der Waals surface area contributed by atoms with Crippen molar-refractivity contribution in [2.45, 2.75) is 106 Å². The van der Waals surface area contributed by atoms with E-state index in [1.807, 2.05) is 0 Å². The van der Waals surface area contributed by atoms with Crippen molar-refractivity contribution in [2.24, 2.45) is 16.8 Å². The van der Waals surface area contributed by atoms with Crippen LogP contribution in [0, 0.1) is 5.92 Å². The van der Waals surface area contributed by atoms with Gasteiger partial charge in [-0.1, -0.05) is 56.5 Å². The summed E-state index contributed by atoms with van der Waals surface area (Å²) >= 11 is 0. The summed E-state index contributed by atoms with van der Waals surface area (Å²) in [5.41, 5.74) is 13.1. The van der Waals surface area contributed by atoms with Crippen molar-refractivity contribution in [3.63, 3.8) is 0 Å². The molecule has 1 saturated heterocycles. The number of primary amides is 1. The Morgan fingerprint density at radius 2 is 1.67 bits per heavy atom. The van der Waals surface area contributed by atoms with E-state index in [-0.39, 0.29) is 42.2 Å². The number of nitrogens with two attached hydrogens (primary N) is 1. The Labute approximate surface area is 262 Å². The van der Waals surface area contributed by atoms with Crippen molar-refractivity contribution in [1.82, 2.24) is 15.5 Å². The van der Waals surface area contributed by atoms with Crippen LogP contribution >= 0.6 is 0 Å². The number of Topliss-reactive ketones (excluding diaryl/α,β-unsaturated/α-hetero) is 1. The van der Waals surface area contributed by atoms with Crippen LogP contribution in [0.25, 0.3) is 10.4 Å². The summed E-state index contributed by atoms with van der Waals surface area (Å²) in [5, 5.41) is 9.32. The van der Waals surface area contributed by atoms with E-state index in [2.05, 4.69) is 20.7 Å². The van der Waals surface area contributed by atoms with Crippen LogP contribution in [0.1, 0.15) is 87.4 Å². The summed E-state index contributed by atoms with van der Waals surface area (Å²) in [6.07, 6.45) is 8.74. The van der Waals surface area contributed by atoms with E-state index in [0.29, 0.717) is 19.3 Å². The zero-order valence-corrected chi connectivity index (χ0v) is 26.3. The molecular weight excluding hydrogens is 602 g/mol. The fourth-order valence-corrected chi connectivity index (χ4v) is 7.49. The lowest BCUT2D eigenvalue weighted by molar-refractivity contribution is -0.145. The van der Waals surface area contributed by atoms with Gasteiger partial charge < -0.3 is 21.3 Å². The first-order valence-corrected chi connectivity index (χ1v) is 17.4. The SMILES string of the molecule is CS(=O)(=O)c1ccc(C(=O)N[C@H](CC2CCCCC2)C(=O)N2C[C@@H](N=[N+]=[N-])C[C@H]2C(=O)NC2(C(=O)C(N)=O)CCCCC2)cc1. The molecule has 2 aliphatic carbocycles. The summed E-state index contributed by atoms with van der Waals surface area (Å²) in [6, 6.07) is 2.52. The minimum Gasteiger partial charge on any atom is -0.363 e. The monoisotopic (exact) mass is 643 g/mol. The summed E-state index contributed by atoms with van der Waals surface area (Å²) in [4.78, 5) is 70.4. The van der Waals surface area contributed by atoms with Crippen LogP contribution in [0.5, 0.6) is 0 Å². The van der Waals surface area contributed by atoms with Crippen LogP contribution in [0.2, 0.25) is 0 Å². The van der Waals surface area contributed by atoms with Crippen LogP contribution < -0.4 is 16.4 Å². The molecule has 45 heavy (non-hydrogen) atoms. The van der Waals surface area contributed by atoms with Crippen LogP contribution in [0.4, 0.5) is 0 Å². The third-order valence-corrected chi connectivity index (χ3v) is 10.4. The normalized spacial score (nSPS) is 22.5. The van der Waals surface area contributed by atoms with Gasteiger partial charge in [-0.05, 0) is 61.4 Å². The standard InChI is InChI=1S/C30H41N7O7S/c1-45(43,44)22-12-10-20(11-13-22)27(40)33-23(16-19-8-4-2-5-9-19)29(42)37-18-21(35-36-32)17-24(37)28(41)34-30(25(38)26(31)39)14-6-3-7-15-30/h10-13,19,21,23-24H,2-9,14-18H2,1H3,(H2,31,39)(H,33,40)(H,34,41)/t21-,23+,24-/m0/s1. The highest BCUT2D eigenvalue weighted by Crippen LogP contribution is 2.32. The van der Waals surface area contributed by atoms with Gasteiger partial charge in [-0.2, -0.15) is 0 Å². The Morgan fingerprint density at radius 1 is 1.04 bits per heavy atom. The van der Waals surface area contributed by atoms with Crippen molar-refractivity contribution >= 4 is 39.2 Å². The average Bonchev–Trinajstić information content (AvgIpc) is 3.45. The summed E-state index contributed by atoms with van der Waals surface area (Å²) < 4.78 is 23.7. The fourth-order valence-electron chi connectivity index (χ4n) is 6.85. The Bertz CT molecular complexity index is 1460. The Hall–Kier alpha value is -3.97. The Balaban J connectivity index is 1.61. The maximum Gasteiger partial charge on any atom is 0.287 e. The molecule has 0 spiro atoms. The molecule has 4 N–H and O–H groups in total. The Kier molecular flexibility index (Phi) is 10.9. The molecule has 1 aromatic rings. The molecule has 1 heterocycles. The molecule has 244 valence electrons. The second kappa shape index (κ2) is 14.4. The number of carbonyl (C=O) groups is 5. The molecule has 3 atom stereocenters. The highest BCUT2D eigenvalue weighted by atomic mass is 32.2. The molecule has 0 unspecified atom stereocenters. The third kappa shape index (κ3) is 8.20. The number of benzene rings is 1. The molecule has 1 aliphatic heterocycles. The number of sulfone groups is 1. The van der Waals surface area contributed by atoms with Crippen molar-refractivity contribution in [2.75, 3.05) is 12.8 Å². The minimum absolute atomic E-state index is 0.000472. The number of nitrogens with zero attached hydrogens (tertiary/aromatic N) is 4. The van der Waals surface area contributed by atoms with Gasteiger partial charge in [0.15, 0.2) is 9.84 Å². The van der Waals surface area contributed by atoms with E-state index in [1.165, 1.54) is 29.2 Å². The number of ketones is 1. The van der Waals surface area contributed by atoms with E-state index in [1.54, 1.807) is 0 Å². The first-order valence-electron chi connectivity index (χ1n) is 15.5. The second-order valence-corrected chi connectivity index (χ2v) is 14.5. The Morgan fingerprint density at radius 3 is 2.24 bits per heavy atom. The number of nitrogens with one attached hydrogen (secondary N) is 2. The lowest BCUT2D eigenvalue weighted by Crippen LogP contribution is -2.62. The number of azide groups is 1. The van der Waals surface area contributed by atoms with Gasteiger partial charge in [0.05, 0.1) is 10.9 Å². The maximum atomic E-state index is 14.2. The molecule has 0 bridgehead atoms. The average molecular weight is 644 g/mol. The zero-order chi connectivity index (χ0) is 32.8. The topological polar surface area (TPSA) is 222 Å². The van der Waals surface area contributed by atoms with Gasteiger partial charge in [-0.3, -0.25) is 24.0 Å². The highest BCUT2D eigenvalue weighted by molar-refractivity contribution is 7.90. The van der Waals surface area contributed by atoms with Crippen molar-refractivity contribution < 1.29 is 32.4 Å². The summed E-state index contributed by atoms with van der Waals surface area (Å²) in [5.74, 6) is -3.65. The summed E-state index contributed by atoms with van der Waals surface area (Å²) in [7, 11) is -3.47. The van der Waals surface area contributed by atoms with Gasteiger partial charge in [-0.25, -0.2) is 8.42 Å². The molecule has 4 amide bonds. The predicted octanol–water partition coefficient (Wildman–Crippen LogP) is 2.31. The summed E-state index contributed by atoms with van der Waals surface area (Å²) in [6.45, 7) is -0.0716. The molecule has 3 aliphatic rings. The molecule has 14 nitrogen and oxygen atoms in total. The largest absolute Gasteiger partial charge is 0.363 e. The number of amides is 4. The van der Waals surface area contributed by atoms with Gasteiger partial charge in [0, 0.05) is 23.3 Å². The molecular formula is C30H41N7O7S. The van der Waals surface area contributed by atoms with Gasteiger partial charge in [0.25, 0.3) is 11.8 Å². The maximum absolute atomic E-state index is 14.2. The van der Waals surface area contributed by atoms with E-state index in [4.69, 9.17) is 11.3 Å². The first-order chi connectivity index (χ1) is 21.3. The van der Waals surface area contributed by atoms with Crippen LogP contribution in [0.3, 0.4) is 0 Å². The van der Waals surface area contributed by atoms with E-state index < -0.39 is 62.9 Å². The first kappa shape index (κ1) is 33.9. The molecule has 4 rings (SSSR count). The second-order valence-electron chi connectivity index (χ2n) is 12.5. The lowest BCUT2D eigenvalue weighted by Gasteiger charge is -2.38. The van der Waals surface area contributed by atoms with Crippen LogP contribution in [-0.4, -0.2) is 79.2 Å². The van der Waals surface area contributed by atoms with Gasteiger partial charge in [-0.15, -0.1) is 0 Å². The number of carbonyl (C=O) groups excluding carboxylic acids is 5. The molecule has 15 heteroatoms. The van der Waals surface area contributed by atoms with Gasteiger partial charge in [0.1, 0.15) is 17.6 Å². The fraction of sp³-hybridized carbons (Fsp3) is 0.633. The quantitative estimate of drug-likeness (QED) is 0.141. The van der Waals surface area contributed by atoms with Gasteiger partial charge >= 0.3 is 0 Å². The molecule has 1 aromatic carbocycles. The van der Waals surface area contributed by atoms with Crippen molar-refractivity contribution in [3.05, 3.63) is 40.3 Å². The minimum atomic E-state index is -3.47. The molecule has 3 fully saturated rings. The van der Waals surface area contributed by atoms with Crippen molar-refractivity contribution in [3.8, 4) is 0 Å². The van der Waals surface area contributed by atoms with Crippen LogP contribution in [0.15, 0.2) is 34.3 Å². The van der Waals surface area contributed by atoms with Gasteiger partial charge in [0.2, 0.25) is 17.6 Å². The van der Waals surface area contributed by atoms with Crippen molar-refractivity contribution in [1.29, 1.82) is 0 Å². The van der Waals surface area contributed by atoms with E-state index in [0.717, 1.165) is 44.8 Å². The third-order valence-electron chi connectivity index (χ3n) is 9.25. The van der Waals surface area contributed by atoms with E-state index >= 15 is 0 Å². The lowest BCUT2D eigenvalue weighted by atomic mass is 9.78. The number of hydrogen-bond donors (Lipinski definition) is 3. The molecule has 0 radical (unpaired) electrons. The predicted molar refractivity (Wildman–Crippen MR) is 163 cm³/mol. The number of likely N-dealkylation sites (tertiary alicyclic amines) is 1. The molecule has 0 aromatic heterocycles. The smallest absolute Gasteiger partial charge is 0.287 e.